The third kappa shape index (κ3) is 3.64. The summed E-state index contributed by atoms with van der Waals surface area (Å²) in [6.45, 7) is 0.748. The van der Waals surface area contributed by atoms with Crippen molar-refractivity contribution < 1.29 is 14.3 Å². The first-order chi connectivity index (χ1) is 11.7. The molecule has 7 nitrogen and oxygen atoms in total. The molecular formula is C16H20N4O3S. The van der Waals surface area contributed by atoms with E-state index < -0.39 is 0 Å². The molecular weight excluding hydrogens is 328 g/mol. The molecule has 0 aliphatic carbocycles. The Kier molecular flexibility index (Phi) is 5.24. The van der Waals surface area contributed by atoms with Gasteiger partial charge in [0.2, 0.25) is 11.1 Å². The number of aromatic amines is 1. The number of amides is 1. The summed E-state index contributed by atoms with van der Waals surface area (Å²) >= 11 is 1.39. The maximum absolute atomic E-state index is 12.0. The molecule has 3 rings (SSSR count). The third-order valence-corrected chi connectivity index (χ3v) is 4.99. The number of benzene rings is 1. The van der Waals surface area contributed by atoms with Gasteiger partial charge in [0.15, 0.2) is 5.82 Å². The van der Waals surface area contributed by atoms with Crippen LogP contribution in [0.3, 0.4) is 0 Å². The molecule has 1 aromatic heterocycles. The highest BCUT2D eigenvalue weighted by molar-refractivity contribution is 8.00. The minimum Gasteiger partial charge on any atom is -0.497 e. The van der Waals surface area contributed by atoms with E-state index in [1.807, 2.05) is 12.1 Å². The first-order valence-electron chi connectivity index (χ1n) is 7.80. The summed E-state index contributed by atoms with van der Waals surface area (Å²) in [6.07, 6.45) is 2.89. The van der Waals surface area contributed by atoms with E-state index in [0.29, 0.717) is 22.5 Å². The van der Waals surface area contributed by atoms with Gasteiger partial charge in [0, 0.05) is 12.6 Å². The van der Waals surface area contributed by atoms with Gasteiger partial charge in [0.05, 0.1) is 25.0 Å². The van der Waals surface area contributed by atoms with Crippen molar-refractivity contribution in [2.75, 3.05) is 20.8 Å². The fraction of sp³-hybridized carbons (Fsp3) is 0.438. The normalized spacial score (nSPS) is 17.9. The van der Waals surface area contributed by atoms with Gasteiger partial charge in [0.25, 0.3) is 0 Å². The number of nitrogens with zero attached hydrogens (tertiary/aromatic N) is 2. The van der Waals surface area contributed by atoms with Gasteiger partial charge in [-0.3, -0.25) is 9.89 Å². The van der Waals surface area contributed by atoms with Crippen LogP contribution < -0.4 is 14.8 Å². The third-order valence-electron chi connectivity index (χ3n) is 3.86. The molecule has 1 aliphatic rings. The van der Waals surface area contributed by atoms with Gasteiger partial charge in [0.1, 0.15) is 11.5 Å². The fourth-order valence-corrected chi connectivity index (χ4v) is 3.54. The monoisotopic (exact) mass is 348 g/mol. The number of H-pyrrole nitrogens is 1. The van der Waals surface area contributed by atoms with Crippen molar-refractivity contribution in [3.63, 3.8) is 0 Å². The van der Waals surface area contributed by atoms with Gasteiger partial charge in [-0.1, -0.05) is 18.2 Å². The first-order valence-corrected chi connectivity index (χ1v) is 8.68. The lowest BCUT2D eigenvalue weighted by Gasteiger charge is -2.09. The van der Waals surface area contributed by atoms with Gasteiger partial charge in [-0.05, 0) is 25.0 Å². The zero-order chi connectivity index (χ0) is 16.9. The van der Waals surface area contributed by atoms with Crippen molar-refractivity contribution in [2.24, 2.45) is 0 Å². The van der Waals surface area contributed by atoms with Gasteiger partial charge >= 0.3 is 0 Å². The van der Waals surface area contributed by atoms with Crippen LogP contribution in [-0.4, -0.2) is 47.1 Å². The lowest BCUT2D eigenvalue weighted by Crippen LogP contribution is -2.30. The molecule has 0 unspecified atom stereocenters. The minimum absolute atomic E-state index is 0.0610. The average Bonchev–Trinajstić information content (AvgIpc) is 2.98. The van der Waals surface area contributed by atoms with Crippen molar-refractivity contribution in [2.45, 2.75) is 29.7 Å². The van der Waals surface area contributed by atoms with Crippen molar-refractivity contribution >= 4 is 17.7 Å². The summed E-state index contributed by atoms with van der Waals surface area (Å²) < 4.78 is 10.6. The van der Waals surface area contributed by atoms with Crippen LogP contribution in [0.2, 0.25) is 0 Å². The van der Waals surface area contributed by atoms with Crippen LogP contribution >= 0.6 is 11.8 Å². The number of carbonyl (C=O) groups is 1. The zero-order valence-corrected chi connectivity index (χ0v) is 14.5. The van der Waals surface area contributed by atoms with Gasteiger partial charge in [-0.25, -0.2) is 4.98 Å². The number of aromatic nitrogens is 3. The molecule has 2 heterocycles. The van der Waals surface area contributed by atoms with Crippen molar-refractivity contribution in [1.29, 1.82) is 0 Å². The van der Waals surface area contributed by atoms with Gasteiger partial charge in [-0.15, -0.1) is 5.10 Å². The van der Waals surface area contributed by atoms with E-state index in [1.54, 1.807) is 20.3 Å². The number of rotatable bonds is 5. The number of carbonyl (C=O) groups excluding carboxylic acids is 1. The molecule has 0 bridgehead atoms. The molecule has 0 spiro atoms. The Labute approximate surface area is 144 Å². The molecule has 8 heteroatoms. The Morgan fingerprint density at radius 3 is 2.92 bits per heavy atom. The number of ether oxygens (including phenoxy) is 2. The van der Waals surface area contributed by atoms with Crippen molar-refractivity contribution in [3.8, 4) is 22.9 Å². The molecule has 0 radical (unpaired) electrons. The highest BCUT2D eigenvalue weighted by atomic mass is 32.2. The maximum atomic E-state index is 12.0. The SMILES string of the molecule is COc1ccc(-c2nc(S[C@@H]3CCCCNC3=O)n[nH]2)c(OC)c1. The fourth-order valence-electron chi connectivity index (χ4n) is 2.56. The molecule has 24 heavy (non-hydrogen) atoms. The topological polar surface area (TPSA) is 89.1 Å². The molecule has 1 aromatic carbocycles. The predicted molar refractivity (Wildman–Crippen MR) is 91.4 cm³/mol. The minimum atomic E-state index is -0.145. The Morgan fingerprint density at radius 1 is 1.25 bits per heavy atom. The lowest BCUT2D eigenvalue weighted by atomic mass is 10.2. The van der Waals surface area contributed by atoms with Gasteiger partial charge in [-0.2, -0.15) is 0 Å². The highest BCUT2D eigenvalue weighted by Gasteiger charge is 2.24. The lowest BCUT2D eigenvalue weighted by molar-refractivity contribution is -0.120. The van der Waals surface area contributed by atoms with Gasteiger partial charge < -0.3 is 14.8 Å². The molecule has 2 N–H and O–H groups in total. The number of thioether (sulfide) groups is 1. The van der Waals surface area contributed by atoms with Crippen LogP contribution in [0.15, 0.2) is 23.4 Å². The van der Waals surface area contributed by atoms with Crippen molar-refractivity contribution in [1.82, 2.24) is 20.5 Å². The summed E-state index contributed by atoms with van der Waals surface area (Å²) in [5.41, 5.74) is 0.794. The Bertz CT molecular complexity index is 719. The quantitative estimate of drug-likeness (QED) is 0.861. The molecule has 1 aliphatic heterocycles. The number of methoxy groups -OCH3 is 2. The van der Waals surface area contributed by atoms with E-state index in [1.165, 1.54) is 11.8 Å². The number of hydrogen-bond donors (Lipinski definition) is 2. The maximum Gasteiger partial charge on any atom is 0.233 e. The van der Waals surface area contributed by atoms with E-state index in [0.717, 1.165) is 31.4 Å². The number of hydrogen-bond acceptors (Lipinski definition) is 6. The summed E-state index contributed by atoms with van der Waals surface area (Å²) in [5.74, 6) is 2.02. The standard InChI is InChI=1S/C16H20N4O3S/c1-22-10-6-7-11(12(9-10)23-2)14-18-16(20-19-14)24-13-5-3-4-8-17-15(13)21/h6-7,9,13H,3-5,8H2,1-2H3,(H,17,21)(H,18,19,20)/t13-/m1/s1. The smallest absolute Gasteiger partial charge is 0.233 e. The molecule has 2 aromatic rings. The Morgan fingerprint density at radius 2 is 2.12 bits per heavy atom. The second-order valence-electron chi connectivity index (χ2n) is 5.43. The summed E-state index contributed by atoms with van der Waals surface area (Å²) in [4.78, 5) is 16.5. The summed E-state index contributed by atoms with van der Waals surface area (Å²) in [7, 11) is 3.20. The van der Waals surface area contributed by atoms with Crippen LogP contribution in [0, 0.1) is 0 Å². The van der Waals surface area contributed by atoms with E-state index in [4.69, 9.17) is 9.47 Å². The summed E-state index contributed by atoms with van der Waals surface area (Å²) in [5, 5.41) is 10.5. The predicted octanol–water partition coefficient (Wildman–Crippen LogP) is 2.25. The van der Waals surface area contributed by atoms with Crippen LogP contribution in [0.5, 0.6) is 11.5 Å². The summed E-state index contributed by atoms with van der Waals surface area (Å²) in [6, 6.07) is 5.50. The Hall–Kier alpha value is -2.22. The van der Waals surface area contributed by atoms with E-state index in [2.05, 4.69) is 20.5 Å². The molecule has 1 saturated heterocycles. The first kappa shape index (κ1) is 16.6. The van der Waals surface area contributed by atoms with Crippen LogP contribution in [0.1, 0.15) is 19.3 Å². The molecule has 128 valence electrons. The number of nitrogens with one attached hydrogen (secondary N) is 2. The second-order valence-corrected chi connectivity index (χ2v) is 6.60. The second kappa shape index (κ2) is 7.57. The molecule has 0 saturated carbocycles. The largest absolute Gasteiger partial charge is 0.497 e. The van der Waals surface area contributed by atoms with Crippen LogP contribution in [0.25, 0.3) is 11.4 Å². The van der Waals surface area contributed by atoms with E-state index >= 15 is 0 Å². The molecule has 1 fully saturated rings. The Balaban J connectivity index is 1.79. The average molecular weight is 348 g/mol. The zero-order valence-electron chi connectivity index (χ0n) is 13.7. The molecule has 1 atom stereocenters. The van der Waals surface area contributed by atoms with E-state index in [-0.39, 0.29) is 11.2 Å². The highest BCUT2D eigenvalue weighted by Crippen LogP contribution is 2.33. The van der Waals surface area contributed by atoms with Crippen LogP contribution in [0.4, 0.5) is 0 Å². The van der Waals surface area contributed by atoms with Crippen LogP contribution in [-0.2, 0) is 4.79 Å². The van der Waals surface area contributed by atoms with Crippen molar-refractivity contribution in [3.05, 3.63) is 18.2 Å². The molecule has 1 amide bonds. The van der Waals surface area contributed by atoms with E-state index in [9.17, 15) is 4.79 Å².